The van der Waals surface area contributed by atoms with E-state index in [0.29, 0.717) is 19.4 Å². The lowest BCUT2D eigenvalue weighted by Crippen LogP contribution is -2.32. The van der Waals surface area contributed by atoms with E-state index in [1.54, 1.807) is 0 Å². The lowest BCUT2D eigenvalue weighted by molar-refractivity contribution is -0.175. The molecular weight excluding hydrogens is 170 g/mol. The van der Waals surface area contributed by atoms with Crippen LogP contribution in [0, 0.1) is 0 Å². The fraction of sp³-hybridized carbons (Fsp3) is 0.556. The van der Waals surface area contributed by atoms with Crippen molar-refractivity contribution in [2.45, 2.75) is 25.9 Å². The Morgan fingerprint density at radius 2 is 2.08 bits per heavy atom. The summed E-state index contributed by atoms with van der Waals surface area (Å²) in [5.41, 5.74) is 0. The number of carbonyl (C=O) groups excluding carboxylic acids is 2. The van der Waals surface area contributed by atoms with Gasteiger partial charge < -0.3 is 0 Å². The maximum absolute atomic E-state index is 11.1. The second-order valence-corrected chi connectivity index (χ2v) is 2.83. The molecule has 0 aromatic carbocycles. The number of hydrogen-bond acceptors (Lipinski definition) is 4. The van der Waals surface area contributed by atoms with Crippen LogP contribution in [0.25, 0.3) is 0 Å². The Labute approximate surface area is 77.1 Å². The zero-order chi connectivity index (χ0) is 9.84. The van der Waals surface area contributed by atoms with Gasteiger partial charge in [0, 0.05) is 25.6 Å². The first-order valence-electron chi connectivity index (χ1n) is 4.30. The van der Waals surface area contributed by atoms with Gasteiger partial charge in [-0.1, -0.05) is 6.58 Å². The fourth-order valence-corrected chi connectivity index (χ4v) is 1.19. The minimum absolute atomic E-state index is 0.134. The van der Waals surface area contributed by atoms with Crippen molar-refractivity contribution >= 4 is 11.6 Å². The van der Waals surface area contributed by atoms with Gasteiger partial charge in [0.2, 0.25) is 6.10 Å². The monoisotopic (exact) mass is 183 g/mol. The molecule has 4 nitrogen and oxygen atoms in total. The zero-order valence-electron chi connectivity index (χ0n) is 7.66. The van der Waals surface area contributed by atoms with Crippen LogP contribution >= 0.6 is 0 Å². The summed E-state index contributed by atoms with van der Waals surface area (Å²) in [4.78, 5) is 27.4. The maximum Gasteiger partial charge on any atom is 0.201 e. The number of hydroxylamine groups is 2. The molecule has 0 N–H and O–H groups in total. The minimum atomic E-state index is -0.891. The average Bonchev–Trinajstić information content (AvgIpc) is 2.44. The minimum Gasteiger partial charge on any atom is -0.296 e. The molecule has 1 fully saturated rings. The summed E-state index contributed by atoms with van der Waals surface area (Å²) in [6.07, 6.45) is 1.17. The summed E-state index contributed by atoms with van der Waals surface area (Å²) in [5, 5.41) is 1.39. The van der Waals surface area contributed by atoms with Crippen LogP contribution < -0.4 is 0 Å². The van der Waals surface area contributed by atoms with Gasteiger partial charge in [-0.15, -0.1) is 0 Å². The van der Waals surface area contributed by atoms with Gasteiger partial charge in [-0.05, 0) is 6.92 Å². The third kappa shape index (κ3) is 2.15. The number of hydrogen-bond donors (Lipinski definition) is 0. The van der Waals surface area contributed by atoms with Gasteiger partial charge in [-0.2, -0.15) is 0 Å². The highest BCUT2D eigenvalue weighted by Crippen LogP contribution is 2.15. The van der Waals surface area contributed by atoms with Crippen LogP contribution in [-0.2, 0) is 14.4 Å². The van der Waals surface area contributed by atoms with Crippen LogP contribution in [0.15, 0.2) is 12.8 Å². The lowest BCUT2D eigenvalue weighted by atomic mass is 10.3. The van der Waals surface area contributed by atoms with Crippen molar-refractivity contribution in [2.75, 3.05) is 6.54 Å². The van der Waals surface area contributed by atoms with Crippen molar-refractivity contribution in [1.29, 1.82) is 0 Å². The largest absolute Gasteiger partial charge is 0.296 e. The second kappa shape index (κ2) is 4.18. The highest BCUT2D eigenvalue weighted by atomic mass is 16.7. The van der Waals surface area contributed by atoms with Gasteiger partial charge >= 0.3 is 0 Å². The van der Waals surface area contributed by atoms with Crippen molar-refractivity contribution in [1.82, 2.24) is 5.06 Å². The first kappa shape index (κ1) is 9.92. The van der Waals surface area contributed by atoms with Crippen LogP contribution in [0.1, 0.15) is 19.8 Å². The van der Waals surface area contributed by atoms with Crippen LogP contribution in [0.4, 0.5) is 0 Å². The van der Waals surface area contributed by atoms with Gasteiger partial charge in [-0.25, -0.2) is 0 Å². The molecule has 4 heteroatoms. The van der Waals surface area contributed by atoms with E-state index in [2.05, 4.69) is 6.58 Å². The predicted molar refractivity (Wildman–Crippen MR) is 46.7 cm³/mol. The Bertz CT molecular complexity index is 221. The quantitative estimate of drug-likeness (QED) is 0.475. The Kier molecular flexibility index (Phi) is 3.19. The Morgan fingerprint density at radius 3 is 2.46 bits per heavy atom. The second-order valence-electron chi connectivity index (χ2n) is 2.83. The van der Waals surface area contributed by atoms with Crippen LogP contribution in [0.3, 0.4) is 0 Å². The molecule has 1 saturated carbocycles. The topological polar surface area (TPSA) is 46.6 Å². The van der Waals surface area contributed by atoms with Gasteiger partial charge in [0.05, 0.1) is 0 Å². The number of rotatable bonds is 4. The van der Waals surface area contributed by atoms with Crippen molar-refractivity contribution < 1.29 is 14.4 Å². The number of nitrogens with zero attached hydrogens (tertiary/aromatic N) is 1. The van der Waals surface area contributed by atoms with Crippen molar-refractivity contribution in [2.24, 2.45) is 0 Å². The molecule has 0 bridgehead atoms. The van der Waals surface area contributed by atoms with E-state index in [-0.39, 0.29) is 11.6 Å². The highest BCUT2D eigenvalue weighted by Gasteiger charge is 2.35. The molecule has 0 aliphatic heterocycles. The van der Waals surface area contributed by atoms with E-state index < -0.39 is 6.10 Å². The Hall–Kier alpha value is -1.16. The highest BCUT2D eigenvalue weighted by molar-refractivity contribution is 6.11. The first-order valence-corrected chi connectivity index (χ1v) is 4.30. The van der Waals surface area contributed by atoms with E-state index >= 15 is 0 Å². The van der Waals surface area contributed by atoms with Crippen LogP contribution in [0.5, 0.6) is 0 Å². The number of ketones is 2. The maximum atomic E-state index is 11.1. The third-order valence-electron chi connectivity index (χ3n) is 1.96. The Morgan fingerprint density at radius 1 is 1.54 bits per heavy atom. The molecule has 0 amide bonds. The van der Waals surface area contributed by atoms with Crippen LogP contribution in [-0.4, -0.2) is 29.3 Å². The summed E-state index contributed by atoms with van der Waals surface area (Å²) in [6, 6.07) is 0. The van der Waals surface area contributed by atoms with E-state index in [9.17, 15) is 9.59 Å². The fourth-order valence-electron chi connectivity index (χ4n) is 1.19. The molecule has 0 saturated heterocycles. The molecule has 72 valence electrons. The summed E-state index contributed by atoms with van der Waals surface area (Å²) < 4.78 is 0. The van der Waals surface area contributed by atoms with Crippen molar-refractivity contribution in [3.63, 3.8) is 0 Å². The SMILES string of the molecule is C=CN(CC)OC1C(=O)CCC1=O. The molecule has 1 aliphatic rings. The third-order valence-corrected chi connectivity index (χ3v) is 1.96. The van der Waals surface area contributed by atoms with E-state index in [1.165, 1.54) is 11.3 Å². The molecule has 13 heavy (non-hydrogen) atoms. The van der Waals surface area contributed by atoms with Gasteiger partial charge in [0.15, 0.2) is 11.6 Å². The van der Waals surface area contributed by atoms with Crippen molar-refractivity contribution in [3.05, 3.63) is 12.8 Å². The molecule has 1 rings (SSSR count). The molecular formula is C9H13NO3. The molecule has 0 radical (unpaired) electrons. The number of carbonyl (C=O) groups is 2. The molecule has 0 aromatic rings. The average molecular weight is 183 g/mol. The molecule has 0 heterocycles. The van der Waals surface area contributed by atoms with Gasteiger partial charge in [0.1, 0.15) is 0 Å². The van der Waals surface area contributed by atoms with E-state index in [0.717, 1.165) is 0 Å². The van der Waals surface area contributed by atoms with Gasteiger partial charge in [-0.3, -0.25) is 19.5 Å². The van der Waals surface area contributed by atoms with E-state index in [1.807, 2.05) is 6.92 Å². The molecule has 0 atom stereocenters. The number of Topliss-reactive ketones (excluding diaryl/α,β-unsaturated/α-hetero) is 2. The summed E-state index contributed by atoms with van der Waals surface area (Å²) >= 11 is 0. The lowest BCUT2D eigenvalue weighted by Gasteiger charge is -2.19. The van der Waals surface area contributed by atoms with Crippen molar-refractivity contribution in [3.8, 4) is 0 Å². The van der Waals surface area contributed by atoms with E-state index in [4.69, 9.17) is 4.84 Å². The molecule has 0 spiro atoms. The summed E-state index contributed by atoms with van der Waals surface area (Å²) in [7, 11) is 0. The first-order chi connectivity index (χ1) is 6.19. The Balaban J connectivity index is 2.56. The smallest absolute Gasteiger partial charge is 0.201 e. The van der Waals surface area contributed by atoms with Crippen LogP contribution in [0.2, 0.25) is 0 Å². The predicted octanol–water partition coefficient (Wildman–Crippen LogP) is 0.684. The van der Waals surface area contributed by atoms with Gasteiger partial charge in [0.25, 0.3) is 0 Å². The standard InChI is InChI=1S/C9H13NO3/c1-3-10(4-2)13-9-7(11)5-6-8(9)12/h3,9H,1,4-6H2,2H3. The molecule has 0 aromatic heterocycles. The zero-order valence-corrected chi connectivity index (χ0v) is 7.66. The normalized spacial score (nSPS) is 17.9. The summed E-state index contributed by atoms with van der Waals surface area (Å²) in [5.74, 6) is -0.268. The molecule has 0 unspecified atom stereocenters. The molecule has 1 aliphatic carbocycles. The summed E-state index contributed by atoms with van der Waals surface area (Å²) in [6.45, 7) is 5.93.